The minimum Gasteiger partial charge on any atom is -0.481 e. The molecule has 0 aliphatic heterocycles. The summed E-state index contributed by atoms with van der Waals surface area (Å²) in [4.78, 5) is 11.4. The number of benzene rings is 1. The molecule has 4 atom stereocenters. The van der Waals surface area contributed by atoms with Gasteiger partial charge in [-0.15, -0.1) is 0 Å². The van der Waals surface area contributed by atoms with Gasteiger partial charge in [0.15, 0.2) is 0 Å². The fraction of sp³-hybridized carbons (Fsp3) is 0.533. The molecule has 0 spiro atoms. The lowest BCUT2D eigenvalue weighted by Crippen LogP contribution is -2.43. The van der Waals surface area contributed by atoms with Crippen LogP contribution in [-0.4, -0.2) is 17.1 Å². The Kier molecular flexibility index (Phi) is 3.82. The van der Waals surface area contributed by atoms with Gasteiger partial charge < -0.3 is 10.4 Å². The molecule has 2 saturated carbocycles. The van der Waals surface area contributed by atoms with Crippen molar-refractivity contribution in [1.82, 2.24) is 5.32 Å². The Bertz CT molecular complexity index is 537. The van der Waals surface area contributed by atoms with Crippen molar-refractivity contribution in [1.29, 1.82) is 0 Å². The lowest BCUT2D eigenvalue weighted by atomic mass is 9.84. The van der Waals surface area contributed by atoms with Gasteiger partial charge in [-0.25, -0.2) is 4.39 Å². The van der Waals surface area contributed by atoms with E-state index in [1.165, 1.54) is 6.07 Å². The maximum absolute atomic E-state index is 13.5. The number of hydrogen-bond donors (Lipinski definition) is 2. The molecule has 2 aliphatic carbocycles. The van der Waals surface area contributed by atoms with E-state index in [-0.39, 0.29) is 17.8 Å². The van der Waals surface area contributed by atoms with Crippen LogP contribution in [0.3, 0.4) is 0 Å². The zero-order valence-electron chi connectivity index (χ0n) is 11.0. The van der Waals surface area contributed by atoms with E-state index in [9.17, 15) is 14.3 Å². The molecule has 0 radical (unpaired) electrons. The third-order valence-electron chi connectivity index (χ3n) is 4.73. The number of nitrogens with one attached hydrogen (secondary N) is 1. The van der Waals surface area contributed by atoms with Crippen LogP contribution >= 0.6 is 15.9 Å². The molecule has 2 fully saturated rings. The second-order valence-corrected chi connectivity index (χ2v) is 6.71. The lowest BCUT2D eigenvalue weighted by Gasteiger charge is -2.29. The molecular weight excluding hydrogens is 325 g/mol. The molecule has 1 aromatic carbocycles. The summed E-state index contributed by atoms with van der Waals surface area (Å²) in [6.07, 6.45) is 3.16. The number of halogens is 2. The molecule has 2 bridgehead atoms. The molecule has 0 amide bonds. The van der Waals surface area contributed by atoms with Crippen LogP contribution in [0.1, 0.15) is 24.8 Å². The minimum absolute atomic E-state index is 0.0259. The summed E-state index contributed by atoms with van der Waals surface area (Å²) >= 11 is 3.13. The largest absolute Gasteiger partial charge is 0.481 e. The molecule has 2 aliphatic rings. The zero-order chi connectivity index (χ0) is 14.3. The van der Waals surface area contributed by atoms with Crippen molar-refractivity contribution in [3.63, 3.8) is 0 Å². The van der Waals surface area contributed by atoms with E-state index in [0.29, 0.717) is 22.9 Å². The average Bonchev–Trinajstić information content (AvgIpc) is 3.00. The molecule has 4 unspecified atom stereocenters. The Labute approximate surface area is 125 Å². The van der Waals surface area contributed by atoms with Gasteiger partial charge >= 0.3 is 5.97 Å². The van der Waals surface area contributed by atoms with E-state index in [0.717, 1.165) is 24.8 Å². The summed E-state index contributed by atoms with van der Waals surface area (Å²) in [5, 5.41) is 12.7. The van der Waals surface area contributed by atoms with E-state index >= 15 is 0 Å². The highest BCUT2D eigenvalue weighted by Gasteiger charge is 2.50. The van der Waals surface area contributed by atoms with Crippen LogP contribution in [0.4, 0.5) is 4.39 Å². The van der Waals surface area contributed by atoms with Crippen LogP contribution in [0.5, 0.6) is 0 Å². The first-order valence-corrected chi connectivity index (χ1v) is 7.75. The van der Waals surface area contributed by atoms with E-state index in [1.54, 1.807) is 6.07 Å². The summed E-state index contributed by atoms with van der Waals surface area (Å²) in [5.74, 6) is -0.490. The lowest BCUT2D eigenvalue weighted by molar-refractivity contribution is -0.144. The van der Waals surface area contributed by atoms with Crippen LogP contribution < -0.4 is 5.32 Å². The van der Waals surface area contributed by atoms with Crippen molar-refractivity contribution >= 4 is 21.9 Å². The van der Waals surface area contributed by atoms with Crippen molar-refractivity contribution in [2.24, 2.45) is 17.8 Å². The summed E-state index contributed by atoms with van der Waals surface area (Å²) in [5.41, 5.74) is 0.845. The van der Waals surface area contributed by atoms with Crippen molar-refractivity contribution in [3.8, 4) is 0 Å². The summed E-state index contributed by atoms with van der Waals surface area (Å²) < 4.78 is 13.9. The van der Waals surface area contributed by atoms with E-state index in [1.807, 2.05) is 6.07 Å². The Balaban J connectivity index is 1.68. The third-order valence-corrected chi connectivity index (χ3v) is 5.37. The number of rotatable bonds is 4. The monoisotopic (exact) mass is 341 g/mol. The summed E-state index contributed by atoms with van der Waals surface area (Å²) in [6.45, 7) is 0.516. The summed E-state index contributed by atoms with van der Waals surface area (Å²) in [7, 11) is 0. The second kappa shape index (κ2) is 5.45. The maximum Gasteiger partial charge on any atom is 0.308 e. The van der Waals surface area contributed by atoms with Crippen LogP contribution in [0.2, 0.25) is 0 Å². The SMILES string of the molecule is O=C(O)C1C2CCC(C2)C1NCc1ccc(Br)c(F)c1. The first-order valence-electron chi connectivity index (χ1n) is 6.96. The van der Waals surface area contributed by atoms with Gasteiger partial charge in [-0.2, -0.15) is 0 Å². The number of aliphatic carboxylic acids is 1. The Morgan fingerprint density at radius 1 is 1.40 bits per heavy atom. The van der Waals surface area contributed by atoms with Gasteiger partial charge in [-0.05, 0) is 64.7 Å². The number of carboxylic acids is 1. The fourth-order valence-corrected chi connectivity index (χ4v) is 4.07. The second-order valence-electron chi connectivity index (χ2n) is 5.85. The molecular formula is C15H17BrFNO2. The highest BCUT2D eigenvalue weighted by Crippen LogP contribution is 2.48. The first kappa shape index (κ1) is 14.0. The van der Waals surface area contributed by atoms with E-state index in [2.05, 4.69) is 21.2 Å². The Morgan fingerprint density at radius 2 is 2.15 bits per heavy atom. The summed E-state index contributed by atoms with van der Waals surface area (Å²) in [6, 6.07) is 5.04. The zero-order valence-corrected chi connectivity index (χ0v) is 12.6. The molecule has 108 valence electrons. The van der Waals surface area contributed by atoms with Gasteiger partial charge in [-0.3, -0.25) is 4.79 Å². The molecule has 20 heavy (non-hydrogen) atoms. The molecule has 1 aromatic rings. The predicted molar refractivity (Wildman–Crippen MR) is 76.7 cm³/mol. The topological polar surface area (TPSA) is 49.3 Å². The minimum atomic E-state index is -0.698. The highest BCUT2D eigenvalue weighted by molar-refractivity contribution is 9.10. The molecule has 3 rings (SSSR count). The van der Waals surface area contributed by atoms with Crippen molar-refractivity contribution in [3.05, 3.63) is 34.1 Å². The van der Waals surface area contributed by atoms with Crippen LogP contribution in [0, 0.1) is 23.6 Å². The van der Waals surface area contributed by atoms with Crippen LogP contribution in [0.15, 0.2) is 22.7 Å². The van der Waals surface area contributed by atoms with Gasteiger partial charge in [0.05, 0.1) is 10.4 Å². The molecule has 2 N–H and O–H groups in total. The fourth-order valence-electron chi connectivity index (χ4n) is 3.83. The van der Waals surface area contributed by atoms with Crippen molar-refractivity contribution < 1.29 is 14.3 Å². The van der Waals surface area contributed by atoms with Crippen LogP contribution in [0.25, 0.3) is 0 Å². The highest BCUT2D eigenvalue weighted by atomic mass is 79.9. The number of fused-ring (bicyclic) bond motifs is 2. The predicted octanol–water partition coefficient (Wildman–Crippen LogP) is 3.18. The van der Waals surface area contributed by atoms with E-state index in [4.69, 9.17) is 0 Å². The quantitative estimate of drug-likeness (QED) is 0.884. The standard InChI is InChI=1S/C15H17BrFNO2/c16-11-4-1-8(5-12(11)17)7-18-14-10-3-2-9(6-10)13(14)15(19)20/h1,4-5,9-10,13-14,18H,2-3,6-7H2,(H,19,20). The van der Waals surface area contributed by atoms with Crippen LogP contribution in [-0.2, 0) is 11.3 Å². The Hall–Kier alpha value is -0.940. The van der Waals surface area contributed by atoms with Crippen molar-refractivity contribution in [2.45, 2.75) is 31.8 Å². The van der Waals surface area contributed by atoms with Crippen molar-refractivity contribution in [2.75, 3.05) is 0 Å². The molecule has 3 nitrogen and oxygen atoms in total. The van der Waals surface area contributed by atoms with Gasteiger partial charge in [-0.1, -0.05) is 6.07 Å². The smallest absolute Gasteiger partial charge is 0.308 e. The van der Waals surface area contributed by atoms with Gasteiger partial charge in [0.1, 0.15) is 5.82 Å². The first-order chi connectivity index (χ1) is 9.56. The normalized spacial score (nSPS) is 31.7. The number of carbonyl (C=O) groups is 1. The molecule has 0 heterocycles. The van der Waals surface area contributed by atoms with E-state index < -0.39 is 5.97 Å². The molecule has 0 aromatic heterocycles. The van der Waals surface area contributed by atoms with Gasteiger partial charge in [0.2, 0.25) is 0 Å². The van der Waals surface area contributed by atoms with Gasteiger partial charge in [0.25, 0.3) is 0 Å². The molecule has 5 heteroatoms. The molecule has 0 saturated heterocycles. The third kappa shape index (κ3) is 2.49. The maximum atomic E-state index is 13.5. The average molecular weight is 342 g/mol. The number of carboxylic acid groups (broad SMARTS) is 1. The Morgan fingerprint density at radius 3 is 2.85 bits per heavy atom. The number of hydrogen-bond acceptors (Lipinski definition) is 2. The van der Waals surface area contributed by atoms with Gasteiger partial charge in [0, 0.05) is 12.6 Å².